The molecule has 1 aromatic heterocycles. The van der Waals surface area contributed by atoms with E-state index in [0.717, 1.165) is 4.88 Å². The summed E-state index contributed by atoms with van der Waals surface area (Å²) in [5.41, 5.74) is 6.00. The van der Waals surface area contributed by atoms with Gasteiger partial charge in [-0.1, -0.05) is 11.6 Å². The van der Waals surface area contributed by atoms with Crippen LogP contribution in [0.1, 0.15) is 4.88 Å². The highest BCUT2D eigenvalue weighted by Crippen LogP contribution is 2.25. The van der Waals surface area contributed by atoms with E-state index in [-0.39, 0.29) is 11.4 Å². The summed E-state index contributed by atoms with van der Waals surface area (Å²) in [5, 5.41) is 0. The number of nitrogens with one attached hydrogen (secondary N) is 1. The first kappa shape index (κ1) is 14.8. The molecule has 0 fully saturated rings. The minimum atomic E-state index is -3.62. The summed E-state index contributed by atoms with van der Waals surface area (Å²) in [5.74, 6) is 0. The summed E-state index contributed by atoms with van der Waals surface area (Å²) in [7, 11) is -3.62. The Labute approximate surface area is 128 Å². The molecule has 0 aliphatic rings. The number of benzene rings is 1. The number of anilines is 1. The predicted molar refractivity (Wildman–Crippen MR) is 81.9 cm³/mol. The monoisotopic (exact) mass is 380 g/mol. The predicted octanol–water partition coefficient (Wildman–Crippen LogP) is 3.22. The Morgan fingerprint density at radius 3 is 2.68 bits per heavy atom. The first-order valence-electron chi connectivity index (χ1n) is 5.17. The van der Waals surface area contributed by atoms with Gasteiger partial charge in [-0.2, -0.15) is 0 Å². The van der Waals surface area contributed by atoms with Gasteiger partial charge in [-0.05, 0) is 46.3 Å². The van der Waals surface area contributed by atoms with Crippen molar-refractivity contribution in [2.75, 3.05) is 5.73 Å². The Balaban J connectivity index is 2.20. The molecule has 0 radical (unpaired) electrons. The Morgan fingerprint density at radius 2 is 2.05 bits per heavy atom. The molecule has 0 amide bonds. The van der Waals surface area contributed by atoms with Gasteiger partial charge in [0, 0.05) is 21.6 Å². The third-order valence-electron chi connectivity index (χ3n) is 2.31. The fraction of sp³-hybridized carbons (Fsp3) is 0.0909. The van der Waals surface area contributed by atoms with Crippen molar-refractivity contribution in [3.63, 3.8) is 0 Å². The molecule has 0 aliphatic carbocycles. The van der Waals surface area contributed by atoms with Gasteiger partial charge < -0.3 is 5.73 Å². The molecule has 1 heterocycles. The van der Waals surface area contributed by atoms with E-state index in [4.69, 9.17) is 17.3 Å². The molecule has 0 spiro atoms. The maximum atomic E-state index is 12.2. The number of nitrogen functional groups attached to an aromatic ring is 1. The highest BCUT2D eigenvalue weighted by Gasteiger charge is 2.17. The molecule has 0 aliphatic heterocycles. The van der Waals surface area contributed by atoms with Crippen LogP contribution in [0.4, 0.5) is 5.69 Å². The second kappa shape index (κ2) is 5.80. The zero-order valence-corrected chi connectivity index (χ0v) is 13.5. The number of halogens is 2. The molecule has 0 unspecified atom stereocenters. The van der Waals surface area contributed by atoms with E-state index >= 15 is 0 Å². The number of rotatable bonds is 4. The smallest absolute Gasteiger partial charge is 0.242 e. The lowest BCUT2D eigenvalue weighted by Crippen LogP contribution is -2.23. The zero-order valence-electron chi connectivity index (χ0n) is 9.56. The van der Waals surface area contributed by atoms with Crippen molar-refractivity contribution in [2.24, 2.45) is 0 Å². The Morgan fingerprint density at radius 1 is 1.32 bits per heavy atom. The van der Waals surface area contributed by atoms with Crippen LogP contribution in [-0.4, -0.2) is 8.42 Å². The lowest BCUT2D eigenvalue weighted by atomic mass is 10.3. The van der Waals surface area contributed by atoms with Crippen molar-refractivity contribution in [3.8, 4) is 0 Å². The van der Waals surface area contributed by atoms with Gasteiger partial charge in [0.2, 0.25) is 10.0 Å². The van der Waals surface area contributed by atoms with Crippen LogP contribution in [0.25, 0.3) is 0 Å². The average molecular weight is 382 g/mol. The van der Waals surface area contributed by atoms with Gasteiger partial charge in [-0.15, -0.1) is 11.3 Å². The molecule has 3 N–H and O–H groups in total. The summed E-state index contributed by atoms with van der Waals surface area (Å²) in [6.07, 6.45) is 0. The van der Waals surface area contributed by atoms with E-state index in [1.165, 1.54) is 17.4 Å². The van der Waals surface area contributed by atoms with Crippen LogP contribution in [0.15, 0.2) is 39.7 Å². The van der Waals surface area contributed by atoms with Crippen LogP contribution in [0.2, 0.25) is 4.34 Å². The van der Waals surface area contributed by atoms with Gasteiger partial charge in [-0.3, -0.25) is 0 Å². The first-order chi connectivity index (χ1) is 8.88. The van der Waals surface area contributed by atoms with Crippen molar-refractivity contribution in [3.05, 3.63) is 44.0 Å². The van der Waals surface area contributed by atoms with Crippen molar-refractivity contribution < 1.29 is 8.42 Å². The fourth-order valence-corrected chi connectivity index (χ4v) is 4.54. The fourth-order valence-electron chi connectivity index (χ4n) is 1.42. The van der Waals surface area contributed by atoms with Crippen LogP contribution in [0.5, 0.6) is 0 Å². The van der Waals surface area contributed by atoms with E-state index in [2.05, 4.69) is 20.7 Å². The molecule has 102 valence electrons. The topological polar surface area (TPSA) is 72.2 Å². The highest BCUT2D eigenvalue weighted by atomic mass is 79.9. The Bertz CT molecular complexity index is 700. The molecule has 8 heteroatoms. The maximum Gasteiger partial charge on any atom is 0.242 e. The molecule has 1 aromatic carbocycles. The molecule has 0 bridgehead atoms. The summed E-state index contributed by atoms with van der Waals surface area (Å²) >= 11 is 10.3. The van der Waals surface area contributed by atoms with Crippen molar-refractivity contribution >= 4 is 54.6 Å². The van der Waals surface area contributed by atoms with Gasteiger partial charge in [0.1, 0.15) is 0 Å². The number of hydrogen-bond donors (Lipinski definition) is 2. The van der Waals surface area contributed by atoms with Crippen molar-refractivity contribution in [2.45, 2.75) is 11.4 Å². The second-order valence-corrected chi connectivity index (χ2v) is 8.11. The third kappa shape index (κ3) is 3.70. The van der Waals surface area contributed by atoms with E-state index in [1.807, 2.05) is 0 Å². The molecule has 19 heavy (non-hydrogen) atoms. The van der Waals surface area contributed by atoms with Crippen LogP contribution in [-0.2, 0) is 16.6 Å². The summed E-state index contributed by atoms with van der Waals surface area (Å²) in [6.45, 7) is 0.195. The van der Waals surface area contributed by atoms with Gasteiger partial charge in [0.25, 0.3) is 0 Å². The number of nitrogens with two attached hydrogens (primary N) is 1. The summed E-state index contributed by atoms with van der Waals surface area (Å²) in [6, 6.07) is 8.15. The quantitative estimate of drug-likeness (QED) is 0.799. The standard InChI is InChI=1S/C11H10BrClN2O2S2/c12-9-3-1-7(14)5-10(9)19(16,17)15-6-8-2-4-11(13)18-8/h1-5,15H,6,14H2. The Hall–Kier alpha value is -0.600. The molecule has 0 saturated heterocycles. The summed E-state index contributed by atoms with van der Waals surface area (Å²) < 4.78 is 27.9. The maximum absolute atomic E-state index is 12.2. The molecule has 2 rings (SSSR count). The van der Waals surface area contributed by atoms with E-state index < -0.39 is 10.0 Å². The molecule has 0 saturated carbocycles. The molecule has 2 aromatic rings. The lowest BCUT2D eigenvalue weighted by molar-refractivity contribution is 0.581. The van der Waals surface area contributed by atoms with E-state index in [1.54, 1.807) is 24.3 Å². The van der Waals surface area contributed by atoms with Gasteiger partial charge >= 0.3 is 0 Å². The van der Waals surface area contributed by atoms with Gasteiger partial charge in [-0.25, -0.2) is 13.1 Å². The third-order valence-corrected chi connectivity index (χ3v) is 5.94. The number of thiophene rings is 1. The van der Waals surface area contributed by atoms with Crippen LogP contribution in [0, 0.1) is 0 Å². The normalized spacial score (nSPS) is 11.7. The SMILES string of the molecule is Nc1ccc(Br)c(S(=O)(=O)NCc2ccc(Cl)s2)c1. The zero-order chi connectivity index (χ0) is 14.0. The molecular formula is C11H10BrClN2O2S2. The van der Waals surface area contributed by atoms with E-state index in [0.29, 0.717) is 14.5 Å². The molecule has 0 atom stereocenters. The largest absolute Gasteiger partial charge is 0.399 e. The molecular weight excluding hydrogens is 372 g/mol. The minimum Gasteiger partial charge on any atom is -0.399 e. The Kier molecular flexibility index (Phi) is 4.52. The minimum absolute atomic E-state index is 0.121. The van der Waals surface area contributed by atoms with Gasteiger partial charge in [0.05, 0.1) is 9.23 Å². The number of sulfonamides is 1. The average Bonchev–Trinajstić information content (AvgIpc) is 2.76. The van der Waals surface area contributed by atoms with Crippen LogP contribution in [0.3, 0.4) is 0 Å². The summed E-state index contributed by atoms with van der Waals surface area (Å²) in [4.78, 5) is 0.962. The highest BCUT2D eigenvalue weighted by molar-refractivity contribution is 9.10. The van der Waals surface area contributed by atoms with Crippen molar-refractivity contribution in [1.82, 2.24) is 4.72 Å². The van der Waals surface area contributed by atoms with Gasteiger partial charge in [0.15, 0.2) is 0 Å². The van der Waals surface area contributed by atoms with Crippen LogP contribution >= 0.6 is 38.9 Å². The second-order valence-electron chi connectivity index (χ2n) is 3.72. The van der Waals surface area contributed by atoms with Crippen molar-refractivity contribution in [1.29, 1.82) is 0 Å². The lowest BCUT2D eigenvalue weighted by Gasteiger charge is -2.08. The first-order valence-corrected chi connectivity index (χ1v) is 8.64. The molecule has 4 nitrogen and oxygen atoms in total. The van der Waals surface area contributed by atoms with E-state index in [9.17, 15) is 8.42 Å². The van der Waals surface area contributed by atoms with Crippen LogP contribution < -0.4 is 10.5 Å². The number of hydrogen-bond acceptors (Lipinski definition) is 4.